The topological polar surface area (TPSA) is 12.0 Å². The van der Waals surface area contributed by atoms with E-state index in [4.69, 9.17) is 0 Å². The van der Waals surface area contributed by atoms with Crippen LogP contribution in [0.25, 0.3) is 0 Å². The third-order valence-electron chi connectivity index (χ3n) is 6.76. The number of nitrogens with one attached hydrogen (secondary N) is 1. The van der Waals surface area contributed by atoms with Gasteiger partial charge >= 0.3 is 0 Å². The number of fused-ring (bicyclic) bond motifs is 2. The van der Waals surface area contributed by atoms with Crippen molar-refractivity contribution in [2.24, 2.45) is 22.7 Å². The van der Waals surface area contributed by atoms with Crippen molar-refractivity contribution in [3.63, 3.8) is 0 Å². The molecule has 1 heteroatoms. The maximum Gasteiger partial charge on any atom is 0.0131 e. The predicted molar refractivity (Wildman–Crippen MR) is 75.1 cm³/mol. The van der Waals surface area contributed by atoms with Crippen molar-refractivity contribution in [1.82, 2.24) is 5.32 Å². The van der Waals surface area contributed by atoms with E-state index in [2.05, 4.69) is 46.9 Å². The first-order valence-corrected chi connectivity index (χ1v) is 7.59. The molecule has 2 bridgehead atoms. The molecule has 5 unspecified atom stereocenters. The van der Waals surface area contributed by atoms with Gasteiger partial charge in [-0.15, -0.1) is 0 Å². The smallest absolute Gasteiger partial charge is 0.0131 e. The number of hydrogen-bond donors (Lipinski definition) is 1. The molecule has 2 saturated carbocycles. The summed E-state index contributed by atoms with van der Waals surface area (Å²) >= 11 is 0. The van der Waals surface area contributed by atoms with E-state index in [9.17, 15) is 0 Å². The van der Waals surface area contributed by atoms with E-state index in [1.165, 1.54) is 25.7 Å². The number of rotatable bonds is 4. The van der Waals surface area contributed by atoms with E-state index >= 15 is 0 Å². The Kier molecular flexibility index (Phi) is 3.36. The van der Waals surface area contributed by atoms with Crippen LogP contribution in [-0.4, -0.2) is 12.1 Å². The fraction of sp³-hybridized carbons (Fsp3) is 1.00. The van der Waals surface area contributed by atoms with Crippen LogP contribution in [0, 0.1) is 22.7 Å². The molecule has 0 aromatic carbocycles. The van der Waals surface area contributed by atoms with Crippen molar-refractivity contribution < 1.29 is 0 Å². The van der Waals surface area contributed by atoms with Gasteiger partial charge in [-0.2, -0.15) is 0 Å². The van der Waals surface area contributed by atoms with Gasteiger partial charge in [0.15, 0.2) is 0 Å². The summed E-state index contributed by atoms with van der Waals surface area (Å²) in [5.41, 5.74) is 1.07. The zero-order valence-electron chi connectivity index (χ0n) is 12.6. The Balaban J connectivity index is 2.06. The van der Waals surface area contributed by atoms with Crippen LogP contribution >= 0.6 is 0 Å². The van der Waals surface area contributed by atoms with Crippen LogP contribution in [0.2, 0.25) is 0 Å². The molecule has 2 fully saturated rings. The van der Waals surface area contributed by atoms with Crippen molar-refractivity contribution in [1.29, 1.82) is 0 Å². The minimum atomic E-state index is 0.527. The molecule has 2 aliphatic carbocycles. The van der Waals surface area contributed by atoms with E-state index < -0.39 is 0 Å². The average molecular weight is 237 g/mol. The summed E-state index contributed by atoms with van der Waals surface area (Å²) in [6.45, 7) is 14.6. The highest BCUT2D eigenvalue weighted by Crippen LogP contribution is 2.65. The highest BCUT2D eigenvalue weighted by molar-refractivity contribution is 5.13. The third-order valence-corrected chi connectivity index (χ3v) is 6.76. The van der Waals surface area contributed by atoms with Crippen molar-refractivity contribution >= 4 is 0 Å². The first-order valence-electron chi connectivity index (χ1n) is 7.59. The van der Waals surface area contributed by atoms with Gasteiger partial charge in [0.2, 0.25) is 0 Å². The molecule has 1 N–H and O–H groups in total. The molecule has 2 aliphatic rings. The van der Waals surface area contributed by atoms with E-state index in [1.54, 1.807) is 0 Å². The molecular formula is C16H31N. The van der Waals surface area contributed by atoms with Crippen LogP contribution in [0.3, 0.4) is 0 Å². The van der Waals surface area contributed by atoms with Gasteiger partial charge in [0, 0.05) is 12.1 Å². The maximum atomic E-state index is 3.96. The lowest BCUT2D eigenvalue weighted by Crippen LogP contribution is -2.49. The van der Waals surface area contributed by atoms with Gasteiger partial charge in [-0.1, -0.05) is 41.0 Å². The lowest BCUT2D eigenvalue weighted by atomic mass is 9.69. The van der Waals surface area contributed by atoms with Crippen LogP contribution in [0.4, 0.5) is 0 Å². The van der Waals surface area contributed by atoms with Gasteiger partial charge in [0.25, 0.3) is 0 Å². The fourth-order valence-electron chi connectivity index (χ4n) is 4.29. The van der Waals surface area contributed by atoms with Gasteiger partial charge in [-0.05, 0) is 48.9 Å². The molecule has 0 aromatic rings. The third kappa shape index (κ3) is 1.85. The molecule has 0 heterocycles. The molecule has 0 amide bonds. The van der Waals surface area contributed by atoms with E-state index in [1.807, 2.05) is 0 Å². The van der Waals surface area contributed by atoms with Crippen LogP contribution in [0.1, 0.15) is 67.2 Å². The molecule has 5 atom stereocenters. The van der Waals surface area contributed by atoms with Gasteiger partial charge in [-0.3, -0.25) is 0 Å². The monoisotopic (exact) mass is 237 g/mol. The molecule has 0 aliphatic heterocycles. The zero-order chi connectivity index (χ0) is 12.8. The normalized spacial score (nSPS) is 42.7. The average Bonchev–Trinajstić information content (AvgIpc) is 2.60. The summed E-state index contributed by atoms with van der Waals surface area (Å²) < 4.78 is 0. The Morgan fingerprint density at radius 1 is 1.24 bits per heavy atom. The molecule has 0 saturated heterocycles. The minimum Gasteiger partial charge on any atom is -0.311 e. The van der Waals surface area contributed by atoms with E-state index in [0.29, 0.717) is 16.9 Å². The molecule has 17 heavy (non-hydrogen) atoms. The van der Waals surface area contributed by atoms with Crippen molar-refractivity contribution in [2.75, 3.05) is 0 Å². The summed E-state index contributed by atoms with van der Waals surface area (Å²) in [5.74, 6) is 1.75. The first-order chi connectivity index (χ1) is 7.83. The van der Waals surface area contributed by atoms with Gasteiger partial charge in [0.05, 0.1) is 0 Å². The Labute approximate surface area is 108 Å². The van der Waals surface area contributed by atoms with Gasteiger partial charge in [-0.25, -0.2) is 0 Å². The lowest BCUT2D eigenvalue weighted by Gasteiger charge is -2.41. The van der Waals surface area contributed by atoms with Crippen LogP contribution in [0.5, 0.6) is 0 Å². The predicted octanol–water partition coefficient (Wildman–Crippen LogP) is 4.23. The molecule has 0 aromatic heterocycles. The lowest BCUT2D eigenvalue weighted by molar-refractivity contribution is 0.111. The quantitative estimate of drug-likeness (QED) is 0.771. The maximum absolute atomic E-state index is 3.96. The SMILES string of the molecule is CCC(C)C(C)NC1CC2CCC1(C)C2(C)C. The van der Waals surface area contributed by atoms with E-state index in [-0.39, 0.29) is 0 Å². The molecular weight excluding hydrogens is 206 g/mol. The zero-order valence-corrected chi connectivity index (χ0v) is 12.6. The highest BCUT2D eigenvalue weighted by Gasteiger charge is 2.61. The van der Waals surface area contributed by atoms with E-state index in [0.717, 1.165) is 17.9 Å². The molecule has 1 nitrogen and oxygen atoms in total. The molecule has 2 rings (SSSR count). The van der Waals surface area contributed by atoms with Crippen LogP contribution < -0.4 is 5.32 Å². The Morgan fingerprint density at radius 2 is 1.88 bits per heavy atom. The molecule has 100 valence electrons. The Bertz CT molecular complexity index is 283. The van der Waals surface area contributed by atoms with Gasteiger partial charge in [0.1, 0.15) is 0 Å². The second-order valence-electron chi connectivity index (χ2n) is 7.50. The fourth-order valence-corrected chi connectivity index (χ4v) is 4.29. The standard InChI is InChI=1S/C16H31N/c1-7-11(2)12(3)17-14-10-13-8-9-16(14,6)15(13,4)5/h11-14,17H,7-10H2,1-6H3. The summed E-state index contributed by atoms with van der Waals surface area (Å²) in [6, 6.07) is 1.41. The summed E-state index contributed by atoms with van der Waals surface area (Å²) in [5, 5.41) is 3.96. The van der Waals surface area contributed by atoms with Crippen molar-refractivity contribution in [2.45, 2.75) is 79.3 Å². The molecule has 0 spiro atoms. The highest BCUT2D eigenvalue weighted by atomic mass is 15.0. The largest absolute Gasteiger partial charge is 0.311 e. The van der Waals surface area contributed by atoms with Crippen molar-refractivity contribution in [3.05, 3.63) is 0 Å². The summed E-state index contributed by atoms with van der Waals surface area (Å²) in [7, 11) is 0. The summed E-state index contributed by atoms with van der Waals surface area (Å²) in [6.07, 6.45) is 5.57. The first kappa shape index (κ1) is 13.4. The van der Waals surface area contributed by atoms with Crippen molar-refractivity contribution in [3.8, 4) is 0 Å². The second-order valence-corrected chi connectivity index (χ2v) is 7.50. The van der Waals surface area contributed by atoms with Gasteiger partial charge < -0.3 is 5.32 Å². The Hall–Kier alpha value is -0.0400. The molecule has 0 radical (unpaired) electrons. The second kappa shape index (κ2) is 4.26. The van der Waals surface area contributed by atoms with Crippen LogP contribution in [0.15, 0.2) is 0 Å². The van der Waals surface area contributed by atoms with Crippen LogP contribution in [-0.2, 0) is 0 Å². The number of hydrogen-bond acceptors (Lipinski definition) is 1. The Morgan fingerprint density at radius 3 is 2.29 bits per heavy atom. The summed E-state index contributed by atoms with van der Waals surface area (Å²) in [4.78, 5) is 0. The minimum absolute atomic E-state index is 0.527.